The molecule has 0 saturated carbocycles. The average molecular weight is 401 g/mol. The number of non-ortho nitro benzene ring substituents is 1. The maximum Gasteiger partial charge on any atom is 0.270 e. The van der Waals surface area contributed by atoms with E-state index in [1.165, 1.54) is 24.4 Å². The summed E-state index contributed by atoms with van der Waals surface area (Å²) in [4.78, 5) is 26.0. The van der Waals surface area contributed by atoms with E-state index in [9.17, 15) is 14.9 Å². The maximum atomic E-state index is 12.0. The van der Waals surface area contributed by atoms with Crippen LogP contribution in [0.2, 0.25) is 0 Å². The highest BCUT2D eigenvalue weighted by Gasteiger charge is 2.12. The van der Waals surface area contributed by atoms with Crippen molar-refractivity contribution in [3.05, 3.63) is 61.3 Å². The first kappa shape index (κ1) is 14.6. The van der Waals surface area contributed by atoms with Gasteiger partial charge in [-0.1, -0.05) is 0 Å². The van der Waals surface area contributed by atoms with Gasteiger partial charge in [-0.15, -0.1) is 0 Å². The van der Waals surface area contributed by atoms with Gasteiger partial charge in [0.05, 0.1) is 16.2 Å². The number of nitro benzene ring substituents is 1. The van der Waals surface area contributed by atoms with Crippen LogP contribution < -0.4 is 5.32 Å². The van der Waals surface area contributed by atoms with Gasteiger partial charge in [0.2, 0.25) is 0 Å². The number of benzene rings is 1. The van der Waals surface area contributed by atoms with E-state index in [-0.39, 0.29) is 11.6 Å². The van der Waals surface area contributed by atoms with Gasteiger partial charge in [0.15, 0.2) is 0 Å². The van der Waals surface area contributed by atoms with Gasteiger partial charge in [-0.25, -0.2) is 0 Å². The van der Waals surface area contributed by atoms with Gasteiger partial charge < -0.3 is 5.32 Å². The van der Waals surface area contributed by atoms with Gasteiger partial charge in [-0.2, -0.15) is 0 Å². The quantitative estimate of drug-likeness (QED) is 0.627. The Labute approximate surface area is 130 Å². The average Bonchev–Trinajstić information content (AvgIpc) is 2.40. The Balaban J connectivity index is 2.22. The molecule has 0 radical (unpaired) electrons. The number of halogens is 2. The second-order valence-electron chi connectivity index (χ2n) is 3.77. The first-order valence-electron chi connectivity index (χ1n) is 5.33. The standard InChI is InChI=1S/C12H7Br2N3O3/c13-8-3-7(5-15-6-8)12(18)16-11-2-1-9(17(19)20)4-10(11)14/h1-6H,(H,16,18). The summed E-state index contributed by atoms with van der Waals surface area (Å²) in [6.07, 6.45) is 3.00. The van der Waals surface area contributed by atoms with Crippen LogP contribution in [-0.2, 0) is 0 Å². The van der Waals surface area contributed by atoms with Gasteiger partial charge in [0.25, 0.3) is 11.6 Å². The summed E-state index contributed by atoms with van der Waals surface area (Å²) in [5.74, 6) is -0.353. The minimum atomic E-state index is -0.505. The molecular formula is C12H7Br2N3O3. The number of rotatable bonds is 3. The fraction of sp³-hybridized carbons (Fsp3) is 0. The SMILES string of the molecule is O=C(Nc1ccc([N+](=O)[O-])cc1Br)c1cncc(Br)c1. The zero-order valence-electron chi connectivity index (χ0n) is 9.84. The third kappa shape index (κ3) is 3.40. The molecule has 1 amide bonds. The van der Waals surface area contributed by atoms with Gasteiger partial charge in [-0.05, 0) is 44.0 Å². The molecule has 0 aliphatic carbocycles. The summed E-state index contributed by atoms with van der Waals surface area (Å²) in [7, 11) is 0. The minimum Gasteiger partial charge on any atom is -0.321 e. The highest BCUT2D eigenvalue weighted by Crippen LogP contribution is 2.27. The lowest BCUT2D eigenvalue weighted by Crippen LogP contribution is -2.12. The summed E-state index contributed by atoms with van der Waals surface area (Å²) in [5, 5.41) is 13.3. The predicted octanol–water partition coefficient (Wildman–Crippen LogP) is 3.77. The third-order valence-electron chi connectivity index (χ3n) is 2.38. The molecule has 8 heteroatoms. The number of hydrogen-bond donors (Lipinski definition) is 1. The zero-order chi connectivity index (χ0) is 14.7. The summed E-state index contributed by atoms with van der Waals surface area (Å²) in [5.41, 5.74) is 0.768. The molecule has 1 N–H and O–H groups in total. The molecular weight excluding hydrogens is 394 g/mol. The summed E-state index contributed by atoms with van der Waals surface area (Å²) in [6, 6.07) is 5.74. The Morgan fingerprint density at radius 1 is 1.25 bits per heavy atom. The van der Waals surface area contributed by atoms with E-state index < -0.39 is 4.92 Å². The highest BCUT2D eigenvalue weighted by molar-refractivity contribution is 9.10. The fourth-order valence-electron chi connectivity index (χ4n) is 1.45. The third-order valence-corrected chi connectivity index (χ3v) is 3.47. The number of nitro groups is 1. The van der Waals surface area contributed by atoms with Gasteiger partial charge in [0.1, 0.15) is 0 Å². The van der Waals surface area contributed by atoms with E-state index in [0.29, 0.717) is 20.2 Å². The monoisotopic (exact) mass is 399 g/mol. The Kier molecular flexibility index (Phi) is 4.46. The van der Waals surface area contributed by atoms with Crippen LogP contribution in [0, 0.1) is 10.1 Å². The maximum absolute atomic E-state index is 12.0. The van der Waals surface area contributed by atoms with E-state index in [2.05, 4.69) is 42.2 Å². The number of aromatic nitrogens is 1. The van der Waals surface area contributed by atoms with Crippen LogP contribution in [0.4, 0.5) is 11.4 Å². The van der Waals surface area contributed by atoms with Gasteiger partial charge in [-0.3, -0.25) is 19.9 Å². The molecule has 1 heterocycles. The number of carbonyl (C=O) groups excluding carboxylic acids is 1. The van der Waals surface area contributed by atoms with E-state index in [1.807, 2.05) is 0 Å². The smallest absolute Gasteiger partial charge is 0.270 e. The van der Waals surface area contributed by atoms with Crippen molar-refractivity contribution in [1.29, 1.82) is 0 Å². The van der Waals surface area contributed by atoms with Crippen molar-refractivity contribution >= 4 is 49.1 Å². The van der Waals surface area contributed by atoms with E-state index in [4.69, 9.17) is 0 Å². The number of nitrogens with one attached hydrogen (secondary N) is 1. The van der Waals surface area contributed by atoms with E-state index >= 15 is 0 Å². The molecule has 1 aromatic carbocycles. The molecule has 0 aliphatic heterocycles. The van der Waals surface area contributed by atoms with Crippen molar-refractivity contribution < 1.29 is 9.72 Å². The first-order valence-corrected chi connectivity index (χ1v) is 6.92. The van der Waals surface area contributed by atoms with Crippen LogP contribution in [-0.4, -0.2) is 15.8 Å². The Morgan fingerprint density at radius 3 is 2.60 bits per heavy atom. The van der Waals surface area contributed by atoms with Crippen LogP contribution in [0.25, 0.3) is 0 Å². The number of amides is 1. The minimum absolute atomic E-state index is 0.0565. The van der Waals surface area contributed by atoms with Crippen molar-refractivity contribution in [2.24, 2.45) is 0 Å². The molecule has 0 fully saturated rings. The van der Waals surface area contributed by atoms with Crippen molar-refractivity contribution in [1.82, 2.24) is 4.98 Å². The molecule has 0 saturated heterocycles. The lowest BCUT2D eigenvalue weighted by Gasteiger charge is -2.07. The van der Waals surface area contributed by atoms with Crippen LogP contribution >= 0.6 is 31.9 Å². The molecule has 20 heavy (non-hydrogen) atoms. The van der Waals surface area contributed by atoms with Crippen molar-refractivity contribution in [3.8, 4) is 0 Å². The number of nitrogens with zero attached hydrogens (tertiary/aromatic N) is 2. The predicted molar refractivity (Wildman–Crippen MR) is 80.7 cm³/mol. The lowest BCUT2D eigenvalue weighted by molar-refractivity contribution is -0.384. The van der Waals surface area contributed by atoms with Crippen LogP contribution in [0.1, 0.15) is 10.4 Å². The molecule has 0 unspecified atom stereocenters. The molecule has 2 rings (SSSR count). The van der Waals surface area contributed by atoms with Gasteiger partial charge in [0, 0.05) is 33.5 Å². The van der Waals surface area contributed by atoms with Crippen molar-refractivity contribution in [2.75, 3.05) is 5.32 Å². The summed E-state index contributed by atoms with van der Waals surface area (Å²) in [6.45, 7) is 0. The summed E-state index contributed by atoms with van der Waals surface area (Å²) < 4.78 is 1.12. The molecule has 0 aliphatic rings. The molecule has 6 nitrogen and oxygen atoms in total. The second-order valence-corrected chi connectivity index (χ2v) is 5.54. The largest absolute Gasteiger partial charge is 0.321 e. The van der Waals surface area contributed by atoms with Crippen LogP contribution in [0.15, 0.2) is 45.6 Å². The Hall–Kier alpha value is -1.80. The lowest BCUT2D eigenvalue weighted by atomic mass is 10.2. The summed E-state index contributed by atoms with van der Waals surface area (Å²) >= 11 is 6.42. The second kappa shape index (κ2) is 6.10. The normalized spacial score (nSPS) is 10.1. The molecule has 102 valence electrons. The number of pyridine rings is 1. The Bertz CT molecular complexity index is 691. The van der Waals surface area contributed by atoms with Crippen LogP contribution in [0.5, 0.6) is 0 Å². The van der Waals surface area contributed by atoms with Gasteiger partial charge >= 0.3 is 0 Å². The topological polar surface area (TPSA) is 85.1 Å². The molecule has 0 bridgehead atoms. The number of hydrogen-bond acceptors (Lipinski definition) is 4. The van der Waals surface area contributed by atoms with E-state index in [0.717, 1.165) is 0 Å². The molecule has 2 aromatic rings. The molecule has 0 spiro atoms. The van der Waals surface area contributed by atoms with Crippen molar-refractivity contribution in [3.63, 3.8) is 0 Å². The van der Waals surface area contributed by atoms with E-state index in [1.54, 1.807) is 12.3 Å². The number of carbonyl (C=O) groups is 1. The number of anilines is 1. The van der Waals surface area contributed by atoms with Crippen LogP contribution in [0.3, 0.4) is 0 Å². The Morgan fingerprint density at radius 2 is 2.00 bits per heavy atom. The first-order chi connectivity index (χ1) is 9.47. The highest BCUT2D eigenvalue weighted by atomic mass is 79.9. The molecule has 1 aromatic heterocycles. The zero-order valence-corrected chi connectivity index (χ0v) is 13.0. The molecule has 0 atom stereocenters. The van der Waals surface area contributed by atoms with Crippen molar-refractivity contribution in [2.45, 2.75) is 0 Å². The fourth-order valence-corrected chi connectivity index (χ4v) is 2.28.